The summed E-state index contributed by atoms with van der Waals surface area (Å²) in [5.41, 5.74) is 2.06. The molecule has 2 N–H and O–H groups in total. The first-order valence-corrected chi connectivity index (χ1v) is 11.7. The van der Waals surface area contributed by atoms with Gasteiger partial charge in [-0.05, 0) is 35.9 Å². The number of rotatable bonds is 5. The van der Waals surface area contributed by atoms with E-state index in [0.29, 0.717) is 35.2 Å². The van der Waals surface area contributed by atoms with Gasteiger partial charge in [-0.1, -0.05) is 24.0 Å². The van der Waals surface area contributed by atoms with Gasteiger partial charge in [-0.2, -0.15) is 10.2 Å². The number of likely N-dealkylation sites (tertiary alicyclic amines) is 1. The van der Waals surface area contributed by atoms with Crippen LogP contribution in [0.25, 0.3) is 27.7 Å². The summed E-state index contributed by atoms with van der Waals surface area (Å²) >= 11 is 0. The summed E-state index contributed by atoms with van der Waals surface area (Å²) in [6.45, 7) is 0.814. The molecule has 188 valence electrons. The maximum absolute atomic E-state index is 12.6. The molecule has 10 heteroatoms. The lowest BCUT2D eigenvalue weighted by Crippen LogP contribution is -2.37. The summed E-state index contributed by atoms with van der Waals surface area (Å²) in [5.74, 6) is 4.66. The van der Waals surface area contributed by atoms with Crippen LogP contribution in [0.15, 0.2) is 54.9 Å². The lowest BCUT2D eigenvalue weighted by atomic mass is 10.0. The lowest BCUT2D eigenvalue weighted by Gasteiger charge is -2.13. The molecule has 0 radical (unpaired) electrons. The van der Waals surface area contributed by atoms with E-state index in [0.717, 1.165) is 11.1 Å². The predicted octanol–water partition coefficient (Wildman–Crippen LogP) is 1.61. The van der Waals surface area contributed by atoms with Crippen molar-refractivity contribution >= 4 is 22.8 Å². The van der Waals surface area contributed by atoms with Gasteiger partial charge in [0.1, 0.15) is 0 Å². The van der Waals surface area contributed by atoms with E-state index < -0.39 is 17.5 Å². The molecule has 1 aliphatic rings. The minimum atomic E-state index is -1.69. The second kappa shape index (κ2) is 9.54. The molecule has 0 bridgehead atoms. The standard InChI is InChI=1S/C27H25N5O5/c1-30-11-10-27(36,26(30)35)9-8-18-4-3-5-21(14-18)32-23-7-6-19(20-16-28-31(17-20)12-13-33)15-22(23)24(29-32)25(34)37-2/h3-7,14-17,33,36H,10-13H2,1-2H3/t27-/m0/s1. The van der Waals surface area contributed by atoms with E-state index in [2.05, 4.69) is 22.0 Å². The fourth-order valence-corrected chi connectivity index (χ4v) is 4.34. The average molecular weight is 500 g/mol. The van der Waals surface area contributed by atoms with Gasteiger partial charge in [-0.3, -0.25) is 9.48 Å². The summed E-state index contributed by atoms with van der Waals surface area (Å²) in [5, 5.41) is 29.2. The number of nitrogens with zero attached hydrogens (tertiary/aromatic N) is 5. The summed E-state index contributed by atoms with van der Waals surface area (Å²) in [6, 6.07) is 12.8. The fraction of sp³-hybridized carbons (Fsp3) is 0.259. The summed E-state index contributed by atoms with van der Waals surface area (Å²) in [7, 11) is 2.94. The molecular weight excluding hydrogens is 474 g/mol. The molecule has 2 aromatic heterocycles. The first-order chi connectivity index (χ1) is 17.8. The summed E-state index contributed by atoms with van der Waals surface area (Å²) < 4.78 is 8.26. The third kappa shape index (κ3) is 4.46. The maximum Gasteiger partial charge on any atom is 0.359 e. The Balaban J connectivity index is 1.56. The average Bonchev–Trinajstić information content (AvgIpc) is 3.61. The quantitative estimate of drug-likeness (QED) is 0.316. The van der Waals surface area contributed by atoms with Crippen molar-refractivity contribution in [1.29, 1.82) is 0 Å². The SMILES string of the molecule is COC(=O)c1nn(-c2cccc(C#C[C@]3(O)CCN(C)C3=O)c2)c2ccc(-c3cnn(CCO)c3)cc12. The molecular formula is C27H25N5O5. The monoisotopic (exact) mass is 499 g/mol. The molecule has 1 amide bonds. The van der Waals surface area contributed by atoms with E-state index >= 15 is 0 Å². The van der Waals surface area contributed by atoms with Gasteiger partial charge in [-0.15, -0.1) is 0 Å². The molecule has 1 atom stereocenters. The number of esters is 1. The zero-order valence-corrected chi connectivity index (χ0v) is 20.4. The highest BCUT2D eigenvalue weighted by atomic mass is 16.5. The molecule has 5 rings (SSSR count). The van der Waals surface area contributed by atoms with Gasteiger partial charge in [0.15, 0.2) is 5.69 Å². The van der Waals surface area contributed by atoms with Crippen LogP contribution in [0.5, 0.6) is 0 Å². The van der Waals surface area contributed by atoms with E-state index in [1.54, 1.807) is 40.8 Å². The van der Waals surface area contributed by atoms with Crippen LogP contribution < -0.4 is 0 Å². The molecule has 4 aromatic rings. The van der Waals surface area contributed by atoms with E-state index in [9.17, 15) is 14.7 Å². The minimum absolute atomic E-state index is 0.0184. The fourth-order valence-electron chi connectivity index (χ4n) is 4.34. The Morgan fingerprint density at radius 2 is 2.05 bits per heavy atom. The van der Waals surface area contributed by atoms with Crippen molar-refractivity contribution < 1.29 is 24.5 Å². The second-order valence-electron chi connectivity index (χ2n) is 8.84. The topological polar surface area (TPSA) is 123 Å². The largest absolute Gasteiger partial charge is 0.464 e. The third-order valence-corrected chi connectivity index (χ3v) is 6.37. The number of aliphatic hydroxyl groups excluding tert-OH is 1. The van der Waals surface area contributed by atoms with E-state index in [1.165, 1.54) is 12.0 Å². The molecule has 37 heavy (non-hydrogen) atoms. The number of benzene rings is 2. The molecule has 0 aliphatic carbocycles. The summed E-state index contributed by atoms with van der Waals surface area (Å²) in [6.07, 6.45) is 3.77. The number of aliphatic hydroxyl groups is 2. The number of hydrogen-bond acceptors (Lipinski definition) is 7. The van der Waals surface area contributed by atoms with Crippen molar-refractivity contribution in [3.05, 3.63) is 66.1 Å². The predicted molar refractivity (Wildman–Crippen MR) is 135 cm³/mol. The molecule has 1 saturated heterocycles. The van der Waals surface area contributed by atoms with Gasteiger partial charge in [0.2, 0.25) is 5.60 Å². The van der Waals surface area contributed by atoms with Gasteiger partial charge < -0.3 is 19.8 Å². The van der Waals surface area contributed by atoms with Gasteiger partial charge >= 0.3 is 5.97 Å². The Hall–Kier alpha value is -4.46. The Kier molecular flexibility index (Phi) is 6.25. The van der Waals surface area contributed by atoms with Crippen LogP contribution in [0.3, 0.4) is 0 Å². The van der Waals surface area contributed by atoms with Gasteiger partial charge in [0, 0.05) is 42.7 Å². The second-order valence-corrected chi connectivity index (χ2v) is 8.84. The number of likely N-dealkylation sites (N-methyl/N-ethyl adjacent to an activating group) is 1. The number of amides is 1. The smallest absolute Gasteiger partial charge is 0.359 e. The van der Waals surface area contributed by atoms with E-state index in [-0.39, 0.29) is 18.7 Å². The van der Waals surface area contributed by atoms with Crippen molar-refractivity contribution in [3.63, 3.8) is 0 Å². The molecule has 2 aromatic carbocycles. The number of aromatic nitrogens is 4. The van der Waals surface area contributed by atoms with Gasteiger partial charge in [-0.25, -0.2) is 9.48 Å². The van der Waals surface area contributed by atoms with Crippen molar-refractivity contribution in [1.82, 2.24) is 24.5 Å². The number of fused-ring (bicyclic) bond motifs is 1. The molecule has 3 heterocycles. The van der Waals surface area contributed by atoms with Crippen LogP contribution in [0.1, 0.15) is 22.5 Å². The summed E-state index contributed by atoms with van der Waals surface area (Å²) in [4.78, 5) is 26.3. The lowest BCUT2D eigenvalue weighted by molar-refractivity contribution is -0.137. The van der Waals surface area contributed by atoms with Crippen molar-refractivity contribution in [2.24, 2.45) is 0 Å². The number of methoxy groups -OCH3 is 1. The van der Waals surface area contributed by atoms with E-state index in [4.69, 9.17) is 9.84 Å². The first kappa shape index (κ1) is 24.2. The molecule has 0 spiro atoms. The molecule has 10 nitrogen and oxygen atoms in total. The zero-order valence-electron chi connectivity index (χ0n) is 20.4. The van der Waals surface area contributed by atoms with Crippen molar-refractivity contribution in [2.75, 3.05) is 27.3 Å². The van der Waals surface area contributed by atoms with Crippen molar-refractivity contribution in [2.45, 2.75) is 18.6 Å². The van der Waals surface area contributed by atoms with Crippen LogP contribution in [0.2, 0.25) is 0 Å². The van der Waals surface area contributed by atoms with Gasteiger partial charge in [0.25, 0.3) is 5.91 Å². The molecule has 1 aliphatic heterocycles. The highest BCUT2D eigenvalue weighted by Gasteiger charge is 2.42. The number of ether oxygens (including phenoxy) is 1. The van der Waals surface area contributed by atoms with Gasteiger partial charge in [0.05, 0.1) is 37.7 Å². The van der Waals surface area contributed by atoms with Crippen LogP contribution in [-0.2, 0) is 16.1 Å². The molecule has 1 fully saturated rings. The minimum Gasteiger partial charge on any atom is -0.464 e. The number of carbonyl (C=O) groups is 2. The van der Waals surface area contributed by atoms with Crippen LogP contribution in [-0.4, -0.2) is 79.5 Å². The zero-order chi connectivity index (χ0) is 26.2. The Morgan fingerprint density at radius 1 is 1.22 bits per heavy atom. The van der Waals surface area contributed by atoms with Crippen molar-refractivity contribution in [3.8, 4) is 28.7 Å². The maximum atomic E-state index is 12.6. The number of hydrogen-bond donors (Lipinski definition) is 2. The third-order valence-electron chi connectivity index (χ3n) is 6.37. The van der Waals surface area contributed by atoms with Crippen LogP contribution in [0, 0.1) is 11.8 Å². The Morgan fingerprint density at radius 3 is 2.78 bits per heavy atom. The van der Waals surface area contributed by atoms with Crippen LogP contribution >= 0.6 is 0 Å². The Labute approximate surface area is 212 Å². The molecule has 0 unspecified atom stereocenters. The number of carbonyl (C=O) groups excluding carboxylic acids is 2. The van der Waals surface area contributed by atoms with Crippen LogP contribution in [0.4, 0.5) is 0 Å². The normalized spacial score (nSPS) is 17.2. The highest BCUT2D eigenvalue weighted by Crippen LogP contribution is 2.29. The Bertz CT molecular complexity index is 1580. The van der Waals surface area contributed by atoms with E-state index in [1.807, 2.05) is 30.5 Å². The first-order valence-electron chi connectivity index (χ1n) is 11.7. The highest BCUT2D eigenvalue weighted by molar-refractivity contribution is 6.03. The molecule has 0 saturated carbocycles.